The topological polar surface area (TPSA) is 45.0 Å². The maximum absolute atomic E-state index is 9.04. The number of nitrogens with one attached hydrogen (secondary N) is 1. The summed E-state index contributed by atoms with van der Waals surface area (Å²) in [5.74, 6) is 0.824. The zero-order valence-corrected chi connectivity index (χ0v) is 12.1. The number of hydrogen-bond acceptors (Lipinski definition) is 3. The Morgan fingerprint density at radius 3 is 2.79 bits per heavy atom. The molecule has 96 valence electrons. The summed E-state index contributed by atoms with van der Waals surface area (Å²) in [6.45, 7) is 0.599. The predicted octanol–water partition coefficient (Wildman–Crippen LogP) is 3.94. The molecule has 2 rings (SSSR count). The fourth-order valence-corrected chi connectivity index (χ4v) is 2.22. The number of benzene rings is 2. The van der Waals surface area contributed by atoms with E-state index in [1.165, 1.54) is 0 Å². The normalized spacial score (nSPS) is 9.74. The SMILES string of the molecule is COc1ccc(Br)cc1CNc1ccccc1C#N. The van der Waals surface area contributed by atoms with Crippen LogP contribution >= 0.6 is 15.9 Å². The van der Waals surface area contributed by atoms with Gasteiger partial charge in [-0.2, -0.15) is 5.26 Å². The van der Waals surface area contributed by atoms with Crippen molar-refractivity contribution in [2.24, 2.45) is 0 Å². The van der Waals surface area contributed by atoms with Crippen LogP contribution in [-0.4, -0.2) is 7.11 Å². The van der Waals surface area contributed by atoms with Gasteiger partial charge in [-0.15, -0.1) is 0 Å². The van der Waals surface area contributed by atoms with Gasteiger partial charge in [-0.3, -0.25) is 0 Å². The highest BCUT2D eigenvalue weighted by Gasteiger charge is 2.05. The largest absolute Gasteiger partial charge is 0.496 e. The van der Waals surface area contributed by atoms with Gasteiger partial charge in [-0.25, -0.2) is 0 Å². The molecule has 0 fully saturated rings. The fourth-order valence-electron chi connectivity index (χ4n) is 1.81. The number of halogens is 1. The van der Waals surface area contributed by atoms with Crippen LogP contribution in [0.5, 0.6) is 5.75 Å². The van der Waals surface area contributed by atoms with Gasteiger partial charge in [0, 0.05) is 16.6 Å². The number of ether oxygens (including phenoxy) is 1. The van der Waals surface area contributed by atoms with Gasteiger partial charge in [0.25, 0.3) is 0 Å². The van der Waals surface area contributed by atoms with Crippen molar-refractivity contribution in [3.8, 4) is 11.8 Å². The molecular formula is C15H13BrN2O. The first-order valence-electron chi connectivity index (χ1n) is 5.80. The first kappa shape index (κ1) is 13.4. The molecule has 0 bridgehead atoms. The maximum atomic E-state index is 9.04. The predicted molar refractivity (Wildman–Crippen MR) is 79.2 cm³/mol. The van der Waals surface area contributed by atoms with Crippen molar-refractivity contribution < 1.29 is 4.74 Å². The van der Waals surface area contributed by atoms with Gasteiger partial charge in [0.2, 0.25) is 0 Å². The summed E-state index contributed by atoms with van der Waals surface area (Å²) in [6, 6.07) is 15.5. The van der Waals surface area contributed by atoms with E-state index < -0.39 is 0 Å². The molecule has 0 unspecified atom stereocenters. The van der Waals surface area contributed by atoms with E-state index >= 15 is 0 Å². The van der Waals surface area contributed by atoms with Crippen LogP contribution in [0.4, 0.5) is 5.69 Å². The standard InChI is InChI=1S/C15H13BrN2O/c1-19-15-7-6-13(16)8-12(15)10-18-14-5-3-2-4-11(14)9-17/h2-8,18H,10H2,1H3. The van der Waals surface area contributed by atoms with Crippen molar-refractivity contribution in [1.29, 1.82) is 5.26 Å². The number of anilines is 1. The van der Waals surface area contributed by atoms with E-state index in [1.54, 1.807) is 13.2 Å². The molecule has 0 aliphatic rings. The zero-order chi connectivity index (χ0) is 13.7. The summed E-state index contributed by atoms with van der Waals surface area (Å²) in [5.41, 5.74) is 2.49. The average molecular weight is 317 g/mol. The Hall–Kier alpha value is -1.99. The van der Waals surface area contributed by atoms with Gasteiger partial charge in [-0.1, -0.05) is 28.1 Å². The zero-order valence-electron chi connectivity index (χ0n) is 10.5. The molecular weight excluding hydrogens is 304 g/mol. The van der Waals surface area contributed by atoms with Crippen molar-refractivity contribution in [3.63, 3.8) is 0 Å². The van der Waals surface area contributed by atoms with Crippen LogP contribution in [0, 0.1) is 11.3 Å². The van der Waals surface area contributed by atoms with Crippen LogP contribution in [0.2, 0.25) is 0 Å². The average Bonchev–Trinajstić information content (AvgIpc) is 2.45. The molecule has 0 heterocycles. The van der Waals surface area contributed by atoms with Gasteiger partial charge >= 0.3 is 0 Å². The number of rotatable bonds is 4. The van der Waals surface area contributed by atoms with Crippen LogP contribution < -0.4 is 10.1 Å². The summed E-state index contributed by atoms with van der Waals surface area (Å²) < 4.78 is 6.32. The van der Waals surface area contributed by atoms with E-state index in [9.17, 15) is 0 Å². The van der Waals surface area contributed by atoms with Crippen molar-refractivity contribution in [1.82, 2.24) is 0 Å². The molecule has 0 aliphatic heterocycles. The van der Waals surface area contributed by atoms with Crippen LogP contribution in [0.3, 0.4) is 0 Å². The van der Waals surface area contributed by atoms with E-state index in [2.05, 4.69) is 27.3 Å². The lowest BCUT2D eigenvalue weighted by atomic mass is 10.1. The smallest absolute Gasteiger partial charge is 0.123 e. The Morgan fingerprint density at radius 2 is 2.05 bits per heavy atom. The van der Waals surface area contributed by atoms with Crippen LogP contribution in [0.25, 0.3) is 0 Å². The molecule has 0 atom stereocenters. The van der Waals surface area contributed by atoms with E-state index in [-0.39, 0.29) is 0 Å². The summed E-state index contributed by atoms with van der Waals surface area (Å²) in [5, 5.41) is 12.3. The lowest BCUT2D eigenvalue weighted by Gasteiger charge is -2.12. The third kappa shape index (κ3) is 3.27. The monoisotopic (exact) mass is 316 g/mol. The van der Waals surface area contributed by atoms with Crippen LogP contribution in [0.15, 0.2) is 46.9 Å². The highest BCUT2D eigenvalue weighted by molar-refractivity contribution is 9.10. The van der Waals surface area contributed by atoms with Crippen LogP contribution in [-0.2, 0) is 6.54 Å². The van der Waals surface area contributed by atoms with Crippen molar-refractivity contribution in [2.75, 3.05) is 12.4 Å². The van der Waals surface area contributed by atoms with Crippen molar-refractivity contribution in [3.05, 3.63) is 58.1 Å². The second-order valence-electron chi connectivity index (χ2n) is 3.97. The van der Waals surface area contributed by atoms with E-state index in [0.29, 0.717) is 12.1 Å². The van der Waals surface area contributed by atoms with E-state index in [0.717, 1.165) is 21.5 Å². The number of para-hydroxylation sites is 1. The third-order valence-electron chi connectivity index (χ3n) is 2.76. The minimum absolute atomic E-state index is 0.599. The molecule has 1 N–H and O–H groups in total. The van der Waals surface area contributed by atoms with Crippen molar-refractivity contribution >= 4 is 21.6 Å². The molecule has 3 nitrogen and oxygen atoms in total. The summed E-state index contributed by atoms with van der Waals surface area (Å²) in [4.78, 5) is 0. The molecule has 0 aliphatic carbocycles. The lowest BCUT2D eigenvalue weighted by molar-refractivity contribution is 0.410. The fraction of sp³-hybridized carbons (Fsp3) is 0.133. The molecule has 2 aromatic carbocycles. The van der Waals surface area contributed by atoms with Gasteiger partial charge in [0.15, 0.2) is 0 Å². The Morgan fingerprint density at radius 1 is 1.26 bits per heavy atom. The second-order valence-corrected chi connectivity index (χ2v) is 4.88. The number of hydrogen-bond donors (Lipinski definition) is 1. The Labute approximate surface area is 121 Å². The molecule has 0 radical (unpaired) electrons. The van der Waals surface area contributed by atoms with Gasteiger partial charge in [-0.05, 0) is 30.3 Å². The molecule has 0 spiro atoms. The molecule has 0 aromatic heterocycles. The molecule has 2 aromatic rings. The molecule has 0 saturated heterocycles. The second kappa shape index (κ2) is 6.26. The highest BCUT2D eigenvalue weighted by atomic mass is 79.9. The molecule has 19 heavy (non-hydrogen) atoms. The Bertz CT molecular complexity index is 620. The van der Waals surface area contributed by atoms with E-state index in [4.69, 9.17) is 10.00 Å². The van der Waals surface area contributed by atoms with Gasteiger partial charge in [0.05, 0.1) is 18.4 Å². The molecule has 0 amide bonds. The maximum Gasteiger partial charge on any atom is 0.123 e. The van der Waals surface area contributed by atoms with Gasteiger partial charge in [0.1, 0.15) is 11.8 Å². The molecule has 0 saturated carbocycles. The Balaban J connectivity index is 2.19. The minimum atomic E-state index is 0.599. The summed E-state index contributed by atoms with van der Waals surface area (Å²) >= 11 is 3.44. The first-order valence-corrected chi connectivity index (χ1v) is 6.59. The first-order chi connectivity index (χ1) is 9.24. The quantitative estimate of drug-likeness (QED) is 0.929. The summed E-state index contributed by atoms with van der Waals surface area (Å²) in [7, 11) is 1.65. The van der Waals surface area contributed by atoms with Gasteiger partial charge < -0.3 is 10.1 Å². The highest BCUT2D eigenvalue weighted by Crippen LogP contribution is 2.24. The van der Waals surface area contributed by atoms with E-state index in [1.807, 2.05) is 36.4 Å². The number of methoxy groups -OCH3 is 1. The molecule has 4 heteroatoms. The lowest BCUT2D eigenvalue weighted by Crippen LogP contribution is -2.03. The third-order valence-corrected chi connectivity index (χ3v) is 3.25. The van der Waals surface area contributed by atoms with Crippen molar-refractivity contribution in [2.45, 2.75) is 6.54 Å². The summed E-state index contributed by atoms with van der Waals surface area (Å²) in [6.07, 6.45) is 0. The number of nitrogens with zero attached hydrogens (tertiary/aromatic N) is 1. The minimum Gasteiger partial charge on any atom is -0.496 e. The Kier molecular flexibility index (Phi) is 4.43. The number of nitriles is 1. The van der Waals surface area contributed by atoms with Crippen LogP contribution in [0.1, 0.15) is 11.1 Å².